The third kappa shape index (κ3) is 6.42. The number of nitrogens with one attached hydrogen (secondary N) is 1. The van der Waals surface area contributed by atoms with Gasteiger partial charge in [0.25, 0.3) is 5.91 Å². The van der Waals surface area contributed by atoms with Crippen LogP contribution in [0.5, 0.6) is 5.75 Å². The molecule has 2 atom stereocenters. The molecule has 0 saturated heterocycles. The molecule has 0 saturated carbocycles. The molecule has 0 fully saturated rings. The Balaban J connectivity index is 1.65. The Hall–Kier alpha value is -3.64. The Bertz CT molecular complexity index is 991. The van der Waals surface area contributed by atoms with E-state index in [1.165, 1.54) is 7.11 Å². The van der Waals surface area contributed by atoms with Crippen LogP contribution in [-0.4, -0.2) is 30.1 Å². The van der Waals surface area contributed by atoms with Crippen molar-refractivity contribution in [3.8, 4) is 5.75 Å². The number of hydrogen-bond donors (Lipinski definition) is 2. The van der Waals surface area contributed by atoms with Gasteiger partial charge in [0.1, 0.15) is 18.4 Å². The number of carboxylic acids is 1. The van der Waals surface area contributed by atoms with Crippen LogP contribution < -0.4 is 10.1 Å². The number of carbonyl (C=O) groups is 2. The fourth-order valence-corrected chi connectivity index (χ4v) is 3.21. The lowest BCUT2D eigenvalue weighted by molar-refractivity contribution is -0.144. The molecule has 3 rings (SSSR count). The van der Waals surface area contributed by atoms with E-state index in [1.807, 2.05) is 48.5 Å². The zero-order chi connectivity index (χ0) is 22.1. The fraction of sp³-hybridized carbons (Fsp3) is 0.200. The van der Waals surface area contributed by atoms with Gasteiger partial charge in [0.15, 0.2) is 6.10 Å². The number of carboxylic acid groups (broad SMARTS) is 1. The monoisotopic (exact) mass is 419 g/mol. The molecule has 0 unspecified atom stereocenters. The molecular weight excluding hydrogens is 394 g/mol. The molecule has 0 aliphatic carbocycles. The number of methoxy groups -OCH3 is 1. The van der Waals surface area contributed by atoms with E-state index in [2.05, 4.69) is 5.32 Å². The molecule has 0 aliphatic rings. The number of aliphatic carboxylic acids is 1. The lowest BCUT2D eigenvalue weighted by atomic mass is 10.0. The van der Waals surface area contributed by atoms with E-state index in [0.717, 1.165) is 11.1 Å². The lowest BCUT2D eigenvalue weighted by Gasteiger charge is -2.20. The second-order valence-corrected chi connectivity index (χ2v) is 7.05. The first-order valence-electron chi connectivity index (χ1n) is 9.93. The summed E-state index contributed by atoms with van der Waals surface area (Å²) in [5.74, 6) is -0.986. The normalized spacial score (nSPS) is 12.5. The highest BCUT2D eigenvalue weighted by Gasteiger charge is 2.26. The first-order valence-corrected chi connectivity index (χ1v) is 9.93. The average molecular weight is 419 g/mol. The van der Waals surface area contributed by atoms with Crippen LogP contribution in [0.1, 0.15) is 22.8 Å². The van der Waals surface area contributed by atoms with Gasteiger partial charge >= 0.3 is 5.97 Å². The predicted octanol–water partition coefficient (Wildman–Crippen LogP) is 3.77. The third-order valence-corrected chi connectivity index (χ3v) is 4.78. The molecular formula is C25H25NO5. The van der Waals surface area contributed by atoms with E-state index in [0.29, 0.717) is 17.9 Å². The van der Waals surface area contributed by atoms with Gasteiger partial charge in [-0.15, -0.1) is 0 Å². The molecule has 0 spiro atoms. The Morgan fingerprint density at radius 2 is 1.55 bits per heavy atom. The Morgan fingerprint density at radius 1 is 0.903 bits per heavy atom. The lowest BCUT2D eigenvalue weighted by Crippen LogP contribution is -2.44. The van der Waals surface area contributed by atoms with E-state index in [4.69, 9.17) is 9.47 Å². The van der Waals surface area contributed by atoms with Gasteiger partial charge in [-0.25, -0.2) is 4.79 Å². The molecule has 2 N–H and O–H groups in total. The fourth-order valence-electron chi connectivity index (χ4n) is 3.21. The highest BCUT2D eigenvalue weighted by molar-refractivity contribution is 5.87. The maximum Gasteiger partial charge on any atom is 0.326 e. The molecule has 0 radical (unpaired) electrons. The Labute approximate surface area is 181 Å². The minimum atomic E-state index is -1.12. The van der Waals surface area contributed by atoms with Gasteiger partial charge in [-0.05, 0) is 28.8 Å². The molecule has 6 nitrogen and oxygen atoms in total. The van der Waals surface area contributed by atoms with Gasteiger partial charge in [0, 0.05) is 13.5 Å². The zero-order valence-electron chi connectivity index (χ0n) is 17.2. The van der Waals surface area contributed by atoms with E-state index < -0.39 is 24.0 Å². The maximum absolute atomic E-state index is 12.7. The second-order valence-electron chi connectivity index (χ2n) is 7.05. The van der Waals surface area contributed by atoms with Crippen LogP contribution in [0, 0.1) is 0 Å². The zero-order valence-corrected chi connectivity index (χ0v) is 17.2. The maximum atomic E-state index is 12.7. The van der Waals surface area contributed by atoms with Gasteiger partial charge < -0.3 is 19.9 Å². The van der Waals surface area contributed by atoms with Crippen LogP contribution in [-0.2, 0) is 27.4 Å². The van der Waals surface area contributed by atoms with Crippen molar-refractivity contribution in [3.63, 3.8) is 0 Å². The van der Waals surface area contributed by atoms with Crippen LogP contribution in [0.15, 0.2) is 84.9 Å². The summed E-state index contributed by atoms with van der Waals surface area (Å²) in [6, 6.07) is 24.8. The van der Waals surface area contributed by atoms with Crippen molar-refractivity contribution >= 4 is 11.9 Å². The van der Waals surface area contributed by atoms with Crippen molar-refractivity contribution in [2.24, 2.45) is 0 Å². The molecule has 6 heteroatoms. The first-order chi connectivity index (χ1) is 15.1. The summed E-state index contributed by atoms with van der Waals surface area (Å²) in [6.07, 6.45) is -0.766. The van der Waals surface area contributed by atoms with Crippen LogP contribution in [0.3, 0.4) is 0 Å². The smallest absolute Gasteiger partial charge is 0.326 e. The molecule has 1 amide bonds. The summed E-state index contributed by atoms with van der Waals surface area (Å²) in [5.41, 5.74) is 2.44. The van der Waals surface area contributed by atoms with Crippen molar-refractivity contribution in [1.82, 2.24) is 5.32 Å². The number of hydrogen-bond acceptors (Lipinski definition) is 4. The van der Waals surface area contributed by atoms with E-state index in [1.54, 1.807) is 36.4 Å². The average Bonchev–Trinajstić information content (AvgIpc) is 2.79. The topological polar surface area (TPSA) is 84.9 Å². The Kier molecular flexibility index (Phi) is 7.79. The van der Waals surface area contributed by atoms with Gasteiger partial charge in [0.05, 0.1) is 0 Å². The largest absolute Gasteiger partial charge is 0.489 e. The summed E-state index contributed by atoms with van der Waals surface area (Å²) in [7, 11) is 1.42. The summed E-state index contributed by atoms with van der Waals surface area (Å²) < 4.78 is 11.1. The summed E-state index contributed by atoms with van der Waals surface area (Å²) >= 11 is 0. The minimum absolute atomic E-state index is 0.120. The number of benzene rings is 3. The van der Waals surface area contributed by atoms with Crippen molar-refractivity contribution in [2.45, 2.75) is 25.2 Å². The number of ether oxygens (including phenoxy) is 2. The first kappa shape index (κ1) is 22.1. The number of carbonyl (C=O) groups excluding carboxylic acids is 1. The van der Waals surface area contributed by atoms with Crippen molar-refractivity contribution < 1.29 is 24.2 Å². The third-order valence-electron chi connectivity index (χ3n) is 4.78. The molecule has 0 aliphatic heterocycles. The van der Waals surface area contributed by atoms with Gasteiger partial charge in [-0.1, -0.05) is 72.8 Å². The highest BCUT2D eigenvalue weighted by atomic mass is 16.5. The second kappa shape index (κ2) is 10.9. The minimum Gasteiger partial charge on any atom is -0.489 e. The van der Waals surface area contributed by atoms with Crippen LogP contribution in [0.4, 0.5) is 0 Å². The van der Waals surface area contributed by atoms with Gasteiger partial charge in [-0.3, -0.25) is 4.79 Å². The van der Waals surface area contributed by atoms with E-state index in [9.17, 15) is 14.7 Å². The van der Waals surface area contributed by atoms with Crippen LogP contribution in [0.25, 0.3) is 0 Å². The Morgan fingerprint density at radius 3 is 2.19 bits per heavy atom. The molecule has 3 aromatic carbocycles. The summed E-state index contributed by atoms with van der Waals surface area (Å²) in [4.78, 5) is 24.5. The SMILES string of the molecule is CO[C@H](C(=O)N[C@H](Cc1cccc(OCc2ccccc2)c1)C(=O)O)c1ccccc1. The van der Waals surface area contributed by atoms with E-state index >= 15 is 0 Å². The van der Waals surface area contributed by atoms with Crippen molar-refractivity contribution in [2.75, 3.05) is 7.11 Å². The molecule has 31 heavy (non-hydrogen) atoms. The van der Waals surface area contributed by atoms with Crippen LogP contribution in [0.2, 0.25) is 0 Å². The molecule has 0 heterocycles. The summed E-state index contributed by atoms with van der Waals surface area (Å²) in [5, 5.41) is 12.2. The molecule has 3 aromatic rings. The molecule has 0 aromatic heterocycles. The van der Waals surface area contributed by atoms with Gasteiger partial charge in [0.2, 0.25) is 0 Å². The predicted molar refractivity (Wildman–Crippen MR) is 117 cm³/mol. The van der Waals surface area contributed by atoms with Crippen molar-refractivity contribution in [1.29, 1.82) is 0 Å². The molecule has 160 valence electrons. The standard InChI is InChI=1S/C25H25NO5/c1-30-23(20-12-6-3-7-13-20)24(27)26-22(25(28)29)16-19-11-8-14-21(15-19)31-17-18-9-4-2-5-10-18/h2-15,22-23H,16-17H2,1H3,(H,26,27)(H,28,29)/t22-,23+/m1/s1. The number of amides is 1. The van der Waals surface area contributed by atoms with E-state index in [-0.39, 0.29) is 6.42 Å². The van der Waals surface area contributed by atoms with Crippen LogP contribution >= 0.6 is 0 Å². The van der Waals surface area contributed by atoms with Crippen molar-refractivity contribution in [3.05, 3.63) is 102 Å². The van der Waals surface area contributed by atoms with Gasteiger partial charge in [-0.2, -0.15) is 0 Å². The molecule has 0 bridgehead atoms. The highest BCUT2D eigenvalue weighted by Crippen LogP contribution is 2.19. The summed E-state index contributed by atoms with van der Waals surface area (Å²) in [6.45, 7) is 0.413. The number of rotatable bonds is 10. The quantitative estimate of drug-likeness (QED) is 0.523.